The zero-order valence-electron chi connectivity index (χ0n) is 11.8. The van der Waals surface area contributed by atoms with Gasteiger partial charge in [0.1, 0.15) is 0 Å². The van der Waals surface area contributed by atoms with Gasteiger partial charge in [0.15, 0.2) is 0 Å². The van der Waals surface area contributed by atoms with Crippen LogP contribution in [0.4, 0.5) is 5.69 Å². The van der Waals surface area contributed by atoms with Crippen molar-refractivity contribution in [1.82, 2.24) is 5.32 Å². The Morgan fingerprint density at radius 1 is 1.21 bits per heavy atom. The van der Waals surface area contributed by atoms with Gasteiger partial charge in [-0.3, -0.25) is 9.59 Å². The molecule has 4 heteroatoms. The van der Waals surface area contributed by atoms with Gasteiger partial charge in [0, 0.05) is 18.7 Å². The largest absolute Gasteiger partial charge is 0.359 e. The van der Waals surface area contributed by atoms with Crippen molar-refractivity contribution < 1.29 is 9.59 Å². The van der Waals surface area contributed by atoms with E-state index in [4.69, 9.17) is 0 Å². The van der Waals surface area contributed by atoms with Crippen molar-refractivity contribution in [3.8, 4) is 0 Å². The summed E-state index contributed by atoms with van der Waals surface area (Å²) < 4.78 is 0. The third-order valence-corrected chi connectivity index (χ3v) is 3.03. The van der Waals surface area contributed by atoms with Gasteiger partial charge in [0.2, 0.25) is 11.8 Å². The summed E-state index contributed by atoms with van der Waals surface area (Å²) in [5.74, 6) is 0.0461. The molecule has 2 amide bonds. The molecule has 0 heterocycles. The molecule has 0 saturated carbocycles. The number of nitrogens with one attached hydrogen (secondary N) is 2. The van der Waals surface area contributed by atoms with Gasteiger partial charge in [0.05, 0.1) is 6.42 Å². The van der Waals surface area contributed by atoms with Gasteiger partial charge in [0.25, 0.3) is 0 Å². The number of benzene rings is 1. The maximum atomic E-state index is 11.8. The molecule has 1 unspecified atom stereocenters. The van der Waals surface area contributed by atoms with Crippen molar-refractivity contribution in [1.29, 1.82) is 0 Å². The summed E-state index contributed by atoms with van der Waals surface area (Å²) in [6, 6.07) is 7.37. The molecule has 0 aliphatic carbocycles. The minimum absolute atomic E-state index is 0.0200. The van der Waals surface area contributed by atoms with E-state index in [1.807, 2.05) is 31.2 Å². The Hall–Kier alpha value is -1.84. The fourth-order valence-electron chi connectivity index (χ4n) is 1.81. The first kappa shape index (κ1) is 15.2. The lowest BCUT2D eigenvalue weighted by Crippen LogP contribution is -2.21. The highest BCUT2D eigenvalue weighted by molar-refractivity contribution is 5.92. The molecule has 4 nitrogen and oxygen atoms in total. The number of likely N-dealkylation sites (N-methyl/N-ethyl adjacent to an activating group) is 1. The molecular formula is C15H22N2O2. The fraction of sp³-hybridized carbons (Fsp3) is 0.467. The molecule has 0 saturated heterocycles. The highest BCUT2D eigenvalue weighted by atomic mass is 16.2. The second kappa shape index (κ2) is 7.56. The van der Waals surface area contributed by atoms with Crippen molar-refractivity contribution in [2.24, 2.45) is 5.92 Å². The van der Waals surface area contributed by atoms with E-state index < -0.39 is 0 Å². The Morgan fingerprint density at radius 3 is 2.37 bits per heavy atom. The summed E-state index contributed by atoms with van der Waals surface area (Å²) in [7, 11) is 1.62. The second-order valence-corrected chi connectivity index (χ2v) is 4.73. The Kier molecular flexibility index (Phi) is 6.06. The van der Waals surface area contributed by atoms with E-state index in [-0.39, 0.29) is 17.7 Å². The zero-order chi connectivity index (χ0) is 14.3. The van der Waals surface area contributed by atoms with E-state index in [0.717, 1.165) is 24.1 Å². The topological polar surface area (TPSA) is 58.2 Å². The Balaban J connectivity index is 2.57. The lowest BCUT2D eigenvalue weighted by Gasteiger charge is -2.11. The van der Waals surface area contributed by atoms with E-state index in [1.54, 1.807) is 7.05 Å². The molecule has 2 N–H and O–H groups in total. The molecule has 1 aromatic carbocycles. The molecule has 104 valence electrons. The first-order chi connectivity index (χ1) is 9.06. The number of carbonyl (C=O) groups excluding carboxylic acids is 2. The van der Waals surface area contributed by atoms with Crippen LogP contribution in [0.5, 0.6) is 0 Å². The van der Waals surface area contributed by atoms with Crippen LogP contribution in [0.1, 0.15) is 32.3 Å². The molecular weight excluding hydrogens is 240 g/mol. The Bertz CT molecular complexity index is 426. The predicted molar refractivity (Wildman–Crippen MR) is 76.9 cm³/mol. The molecule has 0 fully saturated rings. The van der Waals surface area contributed by atoms with Gasteiger partial charge in [-0.1, -0.05) is 32.4 Å². The van der Waals surface area contributed by atoms with Crippen LogP contribution >= 0.6 is 0 Å². The average molecular weight is 262 g/mol. The van der Waals surface area contributed by atoms with Crippen LogP contribution in [0.2, 0.25) is 0 Å². The van der Waals surface area contributed by atoms with Crippen molar-refractivity contribution in [3.63, 3.8) is 0 Å². The number of carbonyl (C=O) groups is 2. The van der Waals surface area contributed by atoms with Crippen molar-refractivity contribution in [2.75, 3.05) is 12.4 Å². The summed E-state index contributed by atoms with van der Waals surface area (Å²) in [6.07, 6.45) is 2.25. The van der Waals surface area contributed by atoms with Gasteiger partial charge >= 0.3 is 0 Å². The third kappa shape index (κ3) is 5.12. The van der Waals surface area contributed by atoms with E-state index in [9.17, 15) is 9.59 Å². The third-order valence-electron chi connectivity index (χ3n) is 3.03. The molecule has 0 aliphatic rings. The lowest BCUT2D eigenvalue weighted by molar-refractivity contribution is -0.120. The van der Waals surface area contributed by atoms with Crippen LogP contribution in [0, 0.1) is 5.92 Å². The van der Waals surface area contributed by atoms with Crippen molar-refractivity contribution in [2.45, 2.75) is 33.1 Å². The van der Waals surface area contributed by atoms with Crippen LogP contribution in [-0.2, 0) is 16.0 Å². The number of hydrogen-bond donors (Lipinski definition) is 2. The monoisotopic (exact) mass is 262 g/mol. The highest BCUT2D eigenvalue weighted by Crippen LogP contribution is 2.13. The maximum Gasteiger partial charge on any atom is 0.227 e. The minimum Gasteiger partial charge on any atom is -0.359 e. The SMILES string of the molecule is CCCC(C)C(=O)Nc1ccc(CC(=O)NC)cc1. The zero-order valence-corrected chi connectivity index (χ0v) is 11.8. The van der Waals surface area contributed by atoms with E-state index >= 15 is 0 Å². The molecule has 19 heavy (non-hydrogen) atoms. The molecule has 1 rings (SSSR count). The summed E-state index contributed by atoms with van der Waals surface area (Å²) >= 11 is 0. The van der Waals surface area contributed by atoms with Gasteiger partial charge in [-0.15, -0.1) is 0 Å². The van der Waals surface area contributed by atoms with Gasteiger partial charge in [-0.25, -0.2) is 0 Å². The first-order valence-electron chi connectivity index (χ1n) is 6.67. The predicted octanol–water partition coefficient (Wildman–Crippen LogP) is 2.35. The van der Waals surface area contributed by atoms with Crippen LogP contribution in [0.15, 0.2) is 24.3 Å². The summed E-state index contributed by atoms with van der Waals surface area (Å²) in [6.45, 7) is 4.00. The maximum absolute atomic E-state index is 11.8. The van der Waals surface area contributed by atoms with Crippen LogP contribution < -0.4 is 10.6 Å². The fourth-order valence-corrected chi connectivity index (χ4v) is 1.81. The molecule has 0 bridgehead atoms. The smallest absolute Gasteiger partial charge is 0.227 e. The highest BCUT2D eigenvalue weighted by Gasteiger charge is 2.11. The van der Waals surface area contributed by atoms with Crippen LogP contribution in [0.3, 0.4) is 0 Å². The van der Waals surface area contributed by atoms with E-state index in [0.29, 0.717) is 6.42 Å². The van der Waals surface area contributed by atoms with Gasteiger partial charge < -0.3 is 10.6 Å². The van der Waals surface area contributed by atoms with E-state index in [1.165, 1.54) is 0 Å². The lowest BCUT2D eigenvalue weighted by atomic mass is 10.1. The van der Waals surface area contributed by atoms with Crippen molar-refractivity contribution in [3.05, 3.63) is 29.8 Å². The number of hydrogen-bond acceptors (Lipinski definition) is 2. The quantitative estimate of drug-likeness (QED) is 0.826. The molecule has 0 spiro atoms. The summed E-state index contributed by atoms with van der Waals surface area (Å²) in [4.78, 5) is 23.1. The Labute approximate surface area is 114 Å². The standard InChI is InChI=1S/C15H22N2O2/c1-4-5-11(2)15(19)17-13-8-6-12(7-9-13)10-14(18)16-3/h6-9,11H,4-5,10H2,1-3H3,(H,16,18)(H,17,19). The van der Waals surface area contributed by atoms with Gasteiger partial charge in [-0.2, -0.15) is 0 Å². The van der Waals surface area contributed by atoms with Gasteiger partial charge in [-0.05, 0) is 24.1 Å². The van der Waals surface area contributed by atoms with Crippen LogP contribution in [0.25, 0.3) is 0 Å². The Morgan fingerprint density at radius 2 is 1.84 bits per heavy atom. The second-order valence-electron chi connectivity index (χ2n) is 4.73. The van der Waals surface area contributed by atoms with Crippen LogP contribution in [-0.4, -0.2) is 18.9 Å². The summed E-state index contributed by atoms with van der Waals surface area (Å²) in [5.41, 5.74) is 1.70. The summed E-state index contributed by atoms with van der Waals surface area (Å²) in [5, 5.41) is 5.46. The first-order valence-corrected chi connectivity index (χ1v) is 6.67. The molecule has 0 aromatic heterocycles. The molecule has 1 aromatic rings. The molecule has 0 aliphatic heterocycles. The normalized spacial score (nSPS) is 11.7. The number of rotatable bonds is 6. The molecule has 1 atom stereocenters. The number of anilines is 1. The molecule has 0 radical (unpaired) electrons. The van der Waals surface area contributed by atoms with Crippen molar-refractivity contribution >= 4 is 17.5 Å². The average Bonchev–Trinajstić information content (AvgIpc) is 2.41. The minimum atomic E-state index is -0.0200. The number of amides is 2. The van der Waals surface area contributed by atoms with E-state index in [2.05, 4.69) is 17.6 Å².